The highest BCUT2D eigenvalue weighted by molar-refractivity contribution is 7.99. The van der Waals surface area contributed by atoms with Crippen LogP contribution in [0.1, 0.15) is 25.3 Å². The Hall–Kier alpha value is -0.700. The molecular weight excluding hydrogens is 197 g/mol. The fraction of sp³-hybridized carbons (Fsp3) is 0.455. The maximum absolute atomic E-state index is 13.1. The van der Waals surface area contributed by atoms with Crippen LogP contribution >= 0.6 is 11.8 Å². The third kappa shape index (κ3) is 2.91. The lowest BCUT2D eigenvalue weighted by molar-refractivity contribution is 0.618. The molecule has 0 bridgehead atoms. The van der Waals surface area contributed by atoms with Gasteiger partial charge in [-0.2, -0.15) is 0 Å². The van der Waals surface area contributed by atoms with E-state index >= 15 is 0 Å². The molecular formula is C11H16FNS. The maximum Gasteiger partial charge on any atom is 0.128 e. The molecule has 0 spiro atoms. The second-order valence-corrected chi connectivity index (χ2v) is 4.48. The first-order valence-corrected chi connectivity index (χ1v) is 5.82. The van der Waals surface area contributed by atoms with Gasteiger partial charge in [0.2, 0.25) is 0 Å². The molecule has 0 saturated carbocycles. The molecule has 0 aliphatic heterocycles. The Labute approximate surface area is 88.9 Å². The van der Waals surface area contributed by atoms with Crippen LogP contribution in [0.2, 0.25) is 0 Å². The lowest BCUT2D eigenvalue weighted by atomic mass is 10.2. The van der Waals surface area contributed by atoms with Crippen molar-refractivity contribution >= 4 is 17.4 Å². The number of unbranched alkanes of at least 4 members (excludes halogenated alkanes) is 1. The minimum Gasteiger partial charge on any atom is -0.398 e. The first-order chi connectivity index (χ1) is 6.65. The van der Waals surface area contributed by atoms with Crippen molar-refractivity contribution in [1.82, 2.24) is 0 Å². The number of thioether (sulfide) groups is 1. The van der Waals surface area contributed by atoms with Gasteiger partial charge < -0.3 is 5.73 Å². The lowest BCUT2D eigenvalue weighted by Crippen LogP contribution is -1.93. The maximum atomic E-state index is 13.1. The van der Waals surface area contributed by atoms with Crippen LogP contribution in [-0.2, 0) is 0 Å². The summed E-state index contributed by atoms with van der Waals surface area (Å²) in [6, 6.07) is 3.23. The highest BCUT2D eigenvalue weighted by Gasteiger charge is 2.04. The van der Waals surface area contributed by atoms with Gasteiger partial charge in [-0.25, -0.2) is 4.39 Å². The molecule has 1 nitrogen and oxygen atoms in total. The number of anilines is 1. The SMILES string of the molecule is CCCCSc1cc(C)c(F)cc1N. The van der Waals surface area contributed by atoms with Gasteiger partial charge >= 0.3 is 0 Å². The molecule has 0 saturated heterocycles. The van der Waals surface area contributed by atoms with Gasteiger partial charge in [0.25, 0.3) is 0 Å². The summed E-state index contributed by atoms with van der Waals surface area (Å²) in [4.78, 5) is 0.998. The van der Waals surface area contributed by atoms with Gasteiger partial charge in [-0.3, -0.25) is 0 Å². The molecule has 78 valence electrons. The number of rotatable bonds is 4. The number of hydrogen-bond acceptors (Lipinski definition) is 2. The van der Waals surface area contributed by atoms with Crippen molar-refractivity contribution in [3.05, 3.63) is 23.5 Å². The fourth-order valence-electron chi connectivity index (χ4n) is 1.12. The molecule has 1 aromatic rings. The van der Waals surface area contributed by atoms with Gasteiger partial charge in [-0.05, 0) is 36.8 Å². The predicted octanol–water partition coefficient (Wildman–Crippen LogP) is 3.61. The summed E-state index contributed by atoms with van der Waals surface area (Å²) >= 11 is 1.70. The minimum atomic E-state index is -0.220. The summed E-state index contributed by atoms with van der Waals surface area (Å²) in [7, 11) is 0. The molecule has 0 atom stereocenters. The number of benzene rings is 1. The van der Waals surface area contributed by atoms with Gasteiger partial charge in [0, 0.05) is 10.6 Å². The predicted molar refractivity (Wildman–Crippen MR) is 61.2 cm³/mol. The molecule has 0 fully saturated rings. The van der Waals surface area contributed by atoms with Gasteiger partial charge in [-0.15, -0.1) is 11.8 Å². The molecule has 0 amide bonds. The molecule has 1 rings (SSSR count). The van der Waals surface area contributed by atoms with E-state index in [1.54, 1.807) is 18.7 Å². The molecule has 0 aromatic heterocycles. The van der Waals surface area contributed by atoms with E-state index in [4.69, 9.17) is 5.73 Å². The summed E-state index contributed by atoms with van der Waals surface area (Å²) in [6.45, 7) is 3.92. The van der Waals surface area contributed by atoms with Gasteiger partial charge in [0.15, 0.2) is 0 Å². The first kappa shape index (κ1) is 11.4. The summed E-state index contributed by atoms with van der Waals surface area (Å²) in [5.74, 6) is 0.827. The van der Waals surface area contributed by atoms with E-state index in [9.17, 15) is 4.39 Å². The van der Waals surface area contributed by atoms with Crippen LogP contribution < -0.4 is 5.73 Å². The second kappa shape index (κ2) is 5.25. The third-order valence-electron chi connectivity index (χ3n) is 2.05. The molecule has 0 aliphatic carbocycles. The average molecular weight is 213 g/mol. The van der Waals surface area contributed by atoms with E-state index in [0.717, 1.165) is 10.6 Å². The Bertz CT molecular complexity index is 312. The monoisotopic (exact) mass is 213 g/mol. The highest BCUT2D eigenvalue weighted by atomic mass is 32.2. The van der Waals surface area contributed by atoms with E-state index < -0.39 is 0 Å². The number of nitrogen functional groups attached to an aromatic ring is 1. The Morgan fingerprint density at radius 3 is 2.79 bits per heavy atom. The van der Waals surface area contributed by atoms with Gasteiger partial charge in [0.05, 0.1) is 0 Å². The second-order valence-electron chi connectivity index (χ2n) is 3.34. The summed E-state index contributed by atoms with van der Waals surface area (Å²) in [5.41, 5.74) is 6.93. The zero-order valence-electron chi connectivity index (χ0n) is 8.64. The Balaban J connectivity index is 2.72. The molecule has 2 N–H and O–H groups in total. The van der Waals surface area contributed by atoms with Crippen LogP contribution in [0.25, 0.3) is 0 Å². The number of nitrogens with two attached hydrogens (primary N) is 1. The highest BCUT2D eigenvalue weighted by Crippen LogP contribution is 2.28. The topological polar surface area (TPSA) is 26.0 Å². The molecule has 0 aliphatic rings. The number of halogens is 1. The average Bonchev–Trinajstić information content (AvgIpc) is 2.14. The number of aryl methyl sites for hydroxylation is 1. The van der Waals surface area contributed by atoms with Crippen LogP contribution in [0, 0.1) is 12.7 Å². The van der Waals surface area contributed by atoms with Crippen molar-refractivity contribution in [1.29, 1.82) is 0 Å². The van der Waals surface area contributed by atoms with Crippen molar-refractivity contribution < 1.29 is 4.39 Å². The summed E-state index contributed by atoms with van der Waals surface area (Å²) < 4.78 is 13.1. The normalized spacial score (nSPS) is 10.5. The van der Waals surface area contributed by atoms with E-state index in [-0.39, 0.29) is 5.82 Å². The minimum absolute atomic E-state index is 0.220. The number of hydrogen-bond donors (Lipinski definition) is 1. The molecule has 1 aromatic carbocycles. The Morgan fingerprint density at radius 1 is 1.43 bits per heavy atom. The van der Waals surface area contributed by atoms with Crippen molar-refractivity contribution in [3.63, 3.8) is 0 Å². The van der Waals surface area contributed by atoms with Crippen LogP contribution in [0.5, 0.6) is 0 Å². The van der Waals surface area contributed by atoms with Crippen LogP contribution in [0.4, 0.5) is 10.1 Å². The molecule has 0 unspecified atom stereocenters. The van der Waals surface area contributed by atoms with Crippen molar-refractivity contribution in [2.45, 2.75) is 31.6 Å². The zero-order chi connectivity index (χ0) is 10.6. The standard InChI is InChI=1S/C11H16FNS/c1-3-4-5-14-11-6-8(2)9(12)7-10(11)13/h6-7H,3-5,13H2,1-2H3. The van der Waals surface area contributed by atoms with Gasteiger partial charge in [0.1, 0.15) is 5.82 Å². The van der Waals surface area contributed by atoms with Crippen LogP contribution in [-0.4, -0.2) is 5.75 Å². The molecule has 0 heterocycles. The quantitative estimate of drug-likeness (QED) is 0.470. The molecule has 0 radical (unpaired) electrons. The zero-order valence-corrected chi connectivity index (χ0v) is 9.46. The fourth-order valence-corrected chi connectivity index (χ4v) is 2.26. The molecule has 3 heteroatoms. The van der Waals surface area contributed by atoms with Crippen LogP contribution in [0.15, 0.2) is 17.0 Å². The summed E-state index contributed by atoms with van der Waals surface area (Å²) in [5, 5.41) is 0. The van der Waals surface area contributed by atoms with Crippen molar-refractivity contribution in [3.8, 4) is 0 Å². The van der Waals surface area contributed by atoms with E-state index in [0.29, 0.717) is 11.3 Å². The third-order valence-corrected chi connectivity index (χ3v) is 3.20. The molecule has 14 heavy (non-hydrogen) atoms. The smallest absolute Gasteiger partial charge is 0.128 e. The van der Waals surface area contributed by atoms with Crippen LogP contribution in [0.3, 0.4) is 0 Å². The van der Waals surface area contributed by atoms with Crippen molar-refractivity contribution in [2.24, 2.45) is 0 Å². The Kier molecular flexibility index (Phi) is 4.26. The van der Waals surface area contributed by atoms with E-state index in [2.05, 4.69) is 6.92 Å². The van der Waals surface area contributed by atoms with E-state index in [1.807, 2.05) is 6.07 Å². The summed E-state index contributed by atoms with van der Waals surface area (Å²) in [6.07, 6.45) is 2.34. The van der Waals surface area contributed by atoms with Gasteiger partial charge in [-0.1, -0.05) is 13.3 Å². The lowest BCUT2D eigenvalue weighted by Gasteiger charge is -2.06. The van der Waals surface area contributed by atoms with Crippen molar-refractivity contribution in [2.75, 3.05) is 11.5 Å². The largest absolute Gasteiger partial charge is 0.398 e. The first-order valence-electron chi connectivity index (χ1n) is 4.83. The van der Waals surface area contributed by atoms with E-state index in [1.165, 1.54) is 18.9 Å². The Morgan fingerprint density at radius 2 is 2.14 bits per heavy atom.